The lowest BCUT2D eigenvalue weighted by Crippen LogP contribution is -2.34. The van der Waals surface area contributed by atoms with Gasteiger partial charge in [-0.15, -0.1) is 0 Å². The number of hydrogen-bond acceptors (Lipinski definition) is 2. The normalized spacial score (nSPS) is 17.4. The summed E-state index contributed by atoms with van der Waals surface area (Å²) in [6.07, 6.45) is 2.30. The Kier molecular flexibility index (Phi) is 3.79. The van der Waals surface area contributed by atoms with E-state index in [0.29, 0.717) is 18.0 Å². The van der Waals surface area contributed by atoms with Crippen molar-refractivity contribution in [3.63, 3.8) is 0 Å². The van der Waals surface area contributed by atoms with Gasteiger partial charge in [0.2, 0.25) is 0 Å². The minimum atomic E-state index is -0.371. The van der Waals surface area contributed by atoms with Gasteiger partial charge in [0.25, 0.3) is 0 Å². The monoisotopic (exact) mass is 243 g/mol. The molecule has 0 aromatic heterocycles. The van der Waals surface area contributed by atoms with E-state index in [2.05, 4.69) is 5.32 Å². The molecule has 0 amide bonds. The molecule has 0 spiro atoms. The van der Waals surface area contributed by atoms with E-state index < -0.39 is 0 Å². The first-order chi connectivity index (χ1) is 7.72. The van der Waals surface area contributed by atoms with Crippen LogP contribution in [0.15, 0.2) is 18.2 Å². The lowest BCUT2D eigenvalue weighted by molar-refractivity contribution is 0.227. The Labute approximate surface area is 99.4 Å². The fraction of sp³-hybridized carbons (Fsp3) is 0.500. The quantitative estimate of drug-likeness (QED) is 0.832. The Morgan fingerprint density at radius 3 is 2.88 bits per heavy atom. The molecule has 16 heavy (non-hydrogen) atoms. The molecule has 0 radical (unpaired) electrons. The Morgan fingerprint density at radius 1 is 1.50 bits per heavy atom. The van der Waals surface area contributed by atoms with Crippen molar-refractivity contribution in [2.45, 2.75) is 25.4 Å². The van der Waals surface area contributed by atoms with Crippen molar-refractivity contribution < 1.29 is 9.50 Å². The molecule has 0 bridgehead atoms. The summed E-state index contributed by atoms with van der Waals surface area (Å²) in [6, 6.07) is 5.05. The van der Waals surface area contributed by atoms with Crippen molar-refractivity contribution in [2.24, 2.45) is 5.92 Å². The van der Waals surface area contributed by atoms with Gasteiger partial charge in [-0.25, -0.2) is 4.39 Å². The molecular weight excluding hydrogens is 229 g/mol. The standard InChI is InChI=1S/C12H15ClFNO/c13-10-3-1-2-9(12(10)14)6-15-11(7-16)8-4-5-8/h1-3,8,11,15-16H,4-7H2. The summed E-state index contributed by atoms with van der Waals surface area (Å²) >= 11 is 5.69. The van der Waals surface area contributed by atoms with Crippen LogP contribution in [-0.2, 0) is 6.54 Å². The third-order valence-electron chi connectivity index (χ3n) is 2.97. The lowest BCUT2D eigenvalue weighted by Gasteiger charge is -2.15. The van der Waals surface area contributed by atoms with Crippen molar-refractivity contribution in [1.29, 1.82) is 0 Å². The Balaban J connectivity index is 1.95. The van der Waals surface area contributed by atoms with Gasteiger partial charge >= 0.3 is 0 Å². The van der Waals surface area contributed by atoms with Crippen LogP contribution in [0.5, 0.6) is 0 Å². The van der Waals surface area contributed by atoms with Gasteiger partial charge in [-0.1, -0.05) is 23.7 Å². The molecule has 0 aliphatic heterocycles. The van der Waals surface area contributed by atoms with Crippen LogP contribution in [0.25, 0.3) is 0 Å². The topological polar surface area (TPSA) is 32.3 Å². The van der Waals surface area contributed by atoms with Crippen molar-refractivity contribution in [3.8, 4) is 0 Å². The second-order valence-electron chi connectivity index (χ2n) is 4.22. The van der Waals surface area contributed by atoms with Gasteiger partial charge in [-0.2, -0.15) is 0 Å². The molecule has 1 aromatic carbocycles. The maximum atomic E-state index is 13.5. The van der Waals surface area contributed by atoms with Crippen LogP contribution in [0, 0.1) is 11.7 Å². The highest BCUT2D eigenvalue weighted by atomic mass is 35.5. The Morgan fingerprint density at radius 2 is 2.25 bits per heavy atom. The summed E-state index contributed by atoms with van der Waals surface area (Å²) in [5.41, 5.74) is 0.548. The zero-order valence-electron chi connectivity index (χ0n) is 8.92. The number of aliphatic hydroxyl groups is 1. The molecule has 1 atom stereocenters. The van der Waals surface area contributed by atoms with E-state index in [9.17, 15) is 4.39 Å². The Bertz CT molecular complexity index is 368. The summed E-state index contributed by atoms with van der Waals surface area (Å²) < 4.78 is 13.5. The summed E-state index contributed by atoms with van der Waals surface area (Å²) in [6.45, 7) is 0.515. The van der Waals surface area contributed by atoms with Crippen LogP contribution in [0.1, 0.15) is 18.4 Å². The van der Waals surface area contributed by atoms with Crippen molar-refractivity contribution >= 4 is 11.6 Å². The number of nitrogens with one attached hydrogen (secondary N) is 1. The van der Waals surface area contributed by atoms with E-state index in [4.69, 9.17) is 16.7 Å². The summed E-state index contributed by atoms with van der Waals surface area (Å²) in [5, 5.41) is 12.5. The predicted molar refractivity (Wildman–Crippen MR) is 61.8 cm³/mol. The van der Waals surface area contributed by atoms with Crippen molar-refractivity contribution in [3.05, 3.63) is 34.6 Å². The van der Waals surface area contributed by atoms with Crippen molar-refractivity contribution in [1.82, 2.24) is 5.32 Å². The highest BCUT2D eigenvalue weighted by molar-refractivity contribution is 6.30. The van der Waals surface area contributed by atoms with E-state index in [-0.39, 0.29) is 23.5 Å². The van der Waals surface area contributed by atoms with Crippen LogP contribution in [0.3, 0.4) is 0 Å². The van der Waals surface area contributed by atoms with Gasteiger partial charge in [-0.05, 0) is 24.8 Å². The molecule has 2 N–H and O–H groups in total. The van der Waals surface area contributed by atoms with Crippen LogP contribution >= 0.6 is 11.6 Å². The molecule has 2 rings (SSSR count). The van der Waals surface area contributed by atoms with Gasteiger partial charge in [0, 0.05) is 18.2 Å². The average molecular weight is 244 g/mol. The zero-order chi connectivity index (χ0) is 11.5. The first-order valence-electron chi connectivity index (χ1n) is 5.49. The number of aliphatic hydroxyl groups excluding tert-OH is 1. The van der Waals surface area contributed by atoms with Crippen LogP contribution < -0.4 is 5.32 Å². The fourth-order valence-electron chi connectivity index (χ4n) is 1.80. The second kappa shape index (κ2) is 5.13. The molecule has 1 aliphatic carbocycles. The maximum Gasteiger partial charge on any atom is 0.146 e. The van der Waals surface area contributed by atoms with Gasteiger partial charge in [-0.3, -0.25) is 0 Å². The van der Waals surface area contributed by atoms with E-state index in [1.807, 2.05) is 0 Å². The fourth-order valence-corrected chi connectivity index (χ4v) is 2.00. The second-order valence-corrected chi connectivity index (χ2v) is 4.63. The molecule has 2 nitrogen and oxygen atoms in total. The smallest absolute Gasteiger partial charge is 0.146 e. The third-order valence-corrected chi connectivity index (χ3v) is 3.27. The first kappa shape index (κ1) is 11.8. The Hall–Kier alpha value is -0.640. The van der Waals surface area contributed by atoms with Gasteiger partial charge in [0.1, 0.15) is 5.82 Å². The maximum absolute atomic E-state index is 13.5. The lowest BCUT2D eigenvalue weighted by atomic mass is 10.1. The number of halogens is 2. The molecular formula is C12H15ClFNO. The molecule has 4 heteroatoms. The third kappa shape index (κ3) is 2.73. The molecule has 1 saturated carbocycles. The number of benzene rings is 1. The summed E-state index contributed by atoms with van der Waals surface area (Å²) in [4.78, 5) is 0. The summed E-state index contributed by atoms with van der Waals surface area (Å²) in [7, 11) is 0. The highest BCUT2D eigenvalue weighted by Gasteiger charge is 2.30. The van der Waals surface area contributed by atoms with Gasteiger partial charge in [0.05, 0.1) is 11.6 Å². The van der Waals surface area contributed by atoms with E-state index in [1.54, 1.807) is 12.1 Å². The van der Waals surface area contributed by atoms with Crippen LogP contribution in [0.2, 0.25) is 5.02 Å². The van der Waals surface area contributed by atoms with E-state index in [1.165, 1.54) is 6.07 Å². The van der Waals surface area contributed by atoms with Crippen LogP contribution in [-0.4, -0.2) is 17.8 Å². The van der Waals surface area contributed by atoms with E-state index in [0.717, 1.165) is 12.8 Å². The average Bonchev–Trinajstić information content (AvgIpc) is 3.09. The number of hydrogen-bond donors (Lipinski definition) is 2. The van der Waals surface area contributed by atoms with Gasteiger partial charge in [0.15, 0.2) is 0 Å². The molecule has 1 fully saturated rings. The van der Waals surface area contributed by atoms with Gasteiger partial charge < -0.3 is 10.4 Å². The molecule has 1 aromatic rings. The SMILES string of the molecule is OCC(NCc1cccc(Cl)c1F)C1CC1. The molecule has 0 heterocycles. The zero-order valence-corrected chi connectivity index (χ0v) is 9.67. The predicted octanol–water partition coefficient (Wildman–Crippen LogP) is 2.34. The molecule has 88 valence electrons. The van der Waals surface area contributed by atoms with Crippen LogP contribution in [0.4, 0.5) is 4.39 Å². The first-order valence-corrected chi connectivity index (χ1v) is 5.87. The minimum absolute atomic E-state index is 0.0818. The number of rotatable bonds is 5. The highest BCUT2D eigenvalue weighted by Crippen LogP contribution is 2.32. The molecule has 1 aliphatic rings. The molecule has 0 saturated heterocycles. The summed E-state index contributed by atoms with van der Waals surface area (Å²) in [5.74, 6) is 0.177. The minimum Gasteiger partial charge on any atom is -0.395 e. The largest absolute Gasteiger partial charge is 0.395 e. The van der Waals surface area contributed by atoms with Crippen molar-refractivity contribution in [2.75, 3.05) is 6.61 Å². The van der Waals surface area contributed by atoms with E-state index >= 15 is 0 Å². The molecule has 1 unspecified atom stereocenters.